The minimum Gasteiger partial charge on any atom is -0.355 e. The second-order valence-electron chi connectivity index (χ2n) is 6.13. The summed E-state index contributed by atoms with van der Waals surface area (Å²) in [7, 11) is 0. The molecule has 130 valence electrons. The van der Waals surface area contributed by atoms with Gasteiger partial charge in [-0.3, -0.25) is 9.59 Å². The van der Waals surface area contributed by atoms with E-state index >= 15 is 0 Å². The molecule has 1 aliphatic rings. The van der Waals surface area contributed by atoms with Crippen LogP contribution < -0.4 is 10.6 Å². The first-order valence-electron chi connectivity index (χ1n) is 8.71. The molecule has 1 saturated heterocycles. The molecule has 1 fully saturated rings. The number of nitrogens with zero attached hydrogens (tertiary/aromatic N) is 1. The van der Waals surface area contributed by atoms with Crippen LogP contribution in [0.15, 0.2) is 54.6 Å². The smallest absolute Gasteiger partial charge is 0.253 e. The summed E-state index contributed by atoms with van der Waals surface area (Å²) >= 11 is 0. The van der Waals surface area contributed by atoms with Crippen molar-refractivity contribution in [2.45, 2.75) is 19.3 Å². The highest BCUT2D eigenvalue weighted by Crippen LogP contribution is 2.20. The molecule has 1 aliphatic heterocycles. The topological polar surface area (TPSA) is 61.4 Å². The van der Waals surface area contributed by atoms with E-state index in [2.05, 4.69) is 10.6 Å². The third-order valence-corrected chi connectivity index (χ3v) is 4.31. The van der Waals surface area contributed by atoms with Gasteiger partial charge >= 0.3 is 0 Å². The molecule has 2 aromatic rings. The molecule has 2 aromatic carbocycles. The number of hydrogen-bond donors (Lipinski definition) is 2. The van der Waals surface area contributed by atoms with Gasteiger partial charge in [-0.05, 0) is 37.1 Å². The van der Waals surface area contributed by atoms with E-state index in [1.807, 2.05) is 53.4 Å². The molecular formula is C20H23N3O2. The van der Waals surface area contributed by atoms with E-state index in [4.69, 9.17) is 0 Å². The van der Waals surface area contributed by atoms with Gasteiger partial charge in [-0.2, -0.15) is 0 Å². The van der Waals surface area contributed by atoms with Crippen molar-refractivity contribution >= 4 is 23.2 Å². The van der Waals surface area contributed by atoms with Gasteiger partial charge in [0, 0.05) is 31.7 Å². The molecule has 3 rings (SSSR count). The van der Waals surface area contributed by atoms with E-state index in [1.165, 1.54) is 0 Å². The highest BCUT2D eigenvalue weighted by atomic mass is 16.2. The third-order valence-electron chi connectivity index (χ3n) is 4.31. The number of benzene rings is 2. The SMILES string of the molecule is O=C(NCCC(=O)N1CCCC1)c1ccccc1Nc1ccccc1. The van der Waals surface area contributed by atoms with Gasteiger partial charge in [0.15, 0.2) is 0 Å². The summed E-state index contributed by atoms with van der Waals surface area (Å²) in [5.74, 6) is -0.0539. The quantitative estimate of drug-likeness (QED) is 0.851. The summed E-state index contributed by atoms with van der Waals surface area (Å²) in [6.45, 7) is 2.04. The van der Waals surface area contributed by atoms with E-state index in [0.717, 1.165) is 37.3 Å². The van der Waals surface area contributed by atoms with Crippen molar-refractivity contribution in [1.29, 1.82) is 0 Å². The van der Waals surface area contributed by atoms with Crippen LogP contribution in [0.2, 0.25) is 0 Å². The van der Waals surface area contributed by atoms with Gasteiger partial charge in [0.2, 0.25) is 5.91 Å². The van der Waals surface area contributed by atoms with E-state index in [9.17, 15) is 9.59 Å². The second-order valence-corrected chi connectivity index (χ2v) is 6.13. The fourth-order valence-corrected chi connectivity index (χ4v) is 2.97. The zero-order valence-corrected chi connectivity index (χ0v) is 14.2. The Morgan fingerprint density at radius 3 is 2.36 bits per heavy atom. The van der Waals surface area contributed by atoms with Gasteiger partial charge in [0.25, 0.3) is 5.91 Å². The van der Waals surface area contributed by atoms with E-state index in [0.29, 0.717) is 18.5 Å². The lowest BCUT2D eigenvalue weighted by molar-refractivity contribution is -0.129. The maximum Gasteiger partial charge on any atom is 0.253 e. The average molecular weight is 337 g/mol. The molecular weight excluding hydrogens is 314 g/mol. The van der Waals surface area contributed by atoms with Crippen LogP contribution >= 0.6 is 0 Å². The lowest BCUT2D eigenvalue weighted by atomic mass is 10.1. The molecule has 0 aromatic heterocycles. The number of rotatable bonds is 6. The molecule has 1 heterocycles. The second kappa shape index (κ2) is 8.33. The Labute approximate surface area is 148 Å². The first kappa shape index (κ1) is 17.0. The largest absolute Gasteiger partial charge is 0.355 e. The molecule has 0 unspecified atom stereocenters. The van der Waals surface area contributed by atoms with Crippen LogP contribution in [0.1, 0.15) is 29.6 Å². The molecule has 2 amide bonds. The summed E-state index contributed by atoms with van der Waals surface area (Å²) in [5, 5.41) is 6.11. The average Bonchev–Trinajstić information content (AvgIpc) is 3.18. The molecule has 5 heteroatoms. The van der Waals surface area contributed by atoms with Gasteiger partial charge in [0.1, 0.15) is 0 Å². The molecule has 0 aliphatic carbocycles. The zero-order valence-electron chi connectivity index (χ0n) is 14.2. The molecule has 25 heavy (non-hydrogen) atoms. The van der Waals surface area contributed by atoms with Crippen molar-refractivity contribution in [3.63, 3.8) is 0 Å². The first-order chi connectivity index (χ1) is 12.2. The molecule has 5 nitrogen and oxygen atoms in total. The summed E-state index contributed by atoms with van der Waals surface area (Å²) in [6, 6.07) is 17.1. The van der Waals surface area contributed by atoms with Crippen LogP contribution in [0.4, 0.5) is 11.4 Å². The maximum atomic E-state index is 12.5. The van der Waals surface area contributed by atoms with Crippen LogP contribution in [0.3, 0.4) is 0 Å². The minimum absolute atomic E-state index is 0.119. The Hall–Kier alpha value is -2.82. The Balaban J connectivity index is 1.57. The number of hydrogen-bond acceptors (Lipinski definition) is 3. The Kier molecular flexibility index (Phi) is 5.67. The van der Waals surface area contributed by atoms with Gasteiger partial charge in [-0.25, -0.2) is 0 Å². The lowest BCUT2D eigenvalue weighted by Crippen LogP contribution is -2.32. The maximum absolute atomic E-state index is 12.5. The van der Waals surface area contributed by atoms with Crippen molar-refractivity contribution in [2.75, 3.05) is 25.0 Å². The van der Waals surface area contributed by atoms with Crippen molar-refractivity contribution in [1.82, 2.24) is 10.2 Å². The van der Waals surface area contributed by atoms with Gasteiger partial charge in [-0.1, -0.05) is 30.3 Å². The zero-order chi connectivity index (χ0) is 17.5. The Morgan fingerprint density at radius 2 is 1.60 bits per heavy atom. The summed E-state index contributed by atoms with van der Waals surface area (Å²) in [4.78, 5) is 26.4. The fourth-order valence-electron chi connectivity index (χ4n) is 2.97. The van der Waals surface area contributed by atoms with Crippen LogP contribution in [-0.2, 0) is 4.79 Å². The van der Waals surface area contributed by atoms with Crippen LogP contribution in [0.5, 0.6) is 0 Å². The molecule has 0 atom stereocenters. The van der Waals surface area contributed by atoms with Crippen molar-refractivity contribution in [3.05, 3.63) is 60.2 Å². The van der Waals surface area contributed by atoms with Gasteiger partial charge in [0.05, 0.1) is 11.3 Å². The summed E-state index contributed by atoms with van der Waals surface area (Å²) in [6.07, 6.45) is 2.51. The predicted molar refractivity (Wildman–Crippen MR) is 98.9 cm³/mol. The van der Waals surface area contributed by atoms with E-state index < -0.39 is 0 Å². The van der Waals surface area contributed by atoms with Crippen molar-refractivity contribution in [2.24, 2.45) is 0 Å². The van der Waals surface area contributed by atoms with Crippen molar-refractivity contribution < 1.29 is 9.59 Å². The number of carbonyl (C=O) groups excluding carboxylic acids is 2. The monoisotopic (exact) mass is 337 g/mol. The minimum atomic E-state index is -0.173. The van der Waals surface area contributed by atoms with Crippen LogP contribution in [-0.4, -0.2) is 36.3 Å². The molecule has 0 bridgehead atoms. The van der Waals surface area contributed by atoms with Crippen LogP contribution in [0, 0.1) is 0 Å². The number of anilines is 2. The third kappa shape index (κ3) is 4.59. The summed E-state index contributed by atoms with van der Waals surface area (Å²) < 4.78 is 0. The highest BCUT2D eigenvalue weighted by Gasteiger charge is 2.18. The number of nitrogens with one attached hydrogen (secondary N) is 2. The summed E-state index contributed by atoms with van der Waals surface area (Å²) in [5.41, 5.74) is 2.24. The van der Waals surface area contributed by atoms with E-state index in [-0.39, 0.29) is 11.8 Å². The molecule has 0 spiro atoms. The Bertz CT molecular complexity index is 725. The molecule has 0 saturated carbocycles. The fraction of sp³-hybridized carbons (Fsp3) is 0.300. The highest BCUT2D eigenvalue weighted by molar-refractivity contribution is 6.00. The van der Waals surface area contributed by atoms with Gasteiger partial charge < -0.3 is 15.5 Å². The molecule has 0 radical (unpaired) electrons. The van der Waals surface area contributed by atoms with Gasteiger partial charge in [-0.15, -0.1) is 0 Å². The standard InChI is InChI=1S/C20H23N3O2/c24-19(23-14-6-7-15-23)12-13-21-20(25)17-10-4-5-11-18(17)22-16-8-2-1-3-9-16/h1-5,8-11,22H,6-7,12-15H2,(H,21,25). The number of amides is 2. The first-order valence-corrected chi connectivity index (χ1v) is 8.71. The number of carbonyl (C=O) groups is 2. The number of likely N-dealkylation sites (tertiary alicyclic amines) is 1. The predicted octanol–water partition coefficient (Wildman–Crippen LogP) is 3.17. The lowest BCUT2D eigenvalue weighted by Gasteiger charge is -2.16. The normalized spacial score (nSPS) is 13.5. The molecule has 2 N–H and O–H groups in total. The Morgan fingerprint density at radius 1 is 0.920 bits per heavy atom. The van der Waals surface area contributed by atoms with E-state index in [1.54, 1.807) is 6.07 Å². The van der Waals surface area contributed by atoms with Crippen molar-refractivity contribution in [3.8, 4) is 0 Å². The number of para-hydroxylation sites is 2. The van der Waals surface area contributed by atoms with Crippen LogP contribution in [0.25, 0.3) is 0 Å².